The van der Waals surface area contributed by atoms with Gasteiger partial charge in [-0.3, -0.25) is 14.3 Å². The first-order valence-electron chi connectivity index (χ1n) is 9.80. The molecule has 0 radical (unpaired) electrons. The summed E-state index contributed by atoms with van der Waals surface area (Å²) < 4.78 is 7.29. The van der Waals surface area contributed by atoms with E-state index in [0.29, 0.717) is 32.3 Å². The minimum atomic E-state index is -0.254. The monoisotopic (exact) mass is 360 g/mol. The lowest BCUT2D eigenvalue weighted by molar-refractivity contribution is -0.146. The molecule has 1 atom stereocenters. The Kier molecular flexibility index (Phi) is 4.98. The zero-order valence-electron chi connectivity index (χ0n) is 15.5. The highest BCUT2D eigenvalue weighted by Crippen LogP contribution is 2.32. The second-order valence-corrected chi connectivity index (χ2v) is 7.82. The highest BCUT2D eigenvalue weighted by Gasteiger charge is 2.38. The Hall–Kier alpha value is -1.89. The number of carbonyl (C=O) groups excluding carboxylic acids is 2. The molecule has 0 N–H and O–H groups in total. The van der Waals surface area contributed by atoms with Gasteiger partial charge in [0.05, 0.1) is 6.20 Å². The zero-order valence-corrected chi connectivity index (χ0v) is 15.5. The molecule has 1 aromatic rings. The first-order chi connectivity index (χ1) is 12.6. The van der Waals surface area contributed by atoms with Gasteiger partial charge in [0, 0.05) is 57.0 Å². The minimum Gasteiger partial charge on any atom is -0.368 e. The van der Waals surface area contributed by atoms with E-state index < -0.39 is 0 Å². The third-order valence-electron chi connectivity index (χ3n) is 5.74. The average molecular weight is 360 g/mol. The van der Waals surface area contributed by atoms with Crippen molar-refractivity contribution in [2.75, 3.05) is 19.7 Å². The minimum absolute atomic E-state index is 0.0285. The molecule has 7 nitrogen and oxygen atoms in total. The molecule has 7 heteroatoms. The Balaban J connectivity index is 1.33. The fourth-order valence-corrected chi connectivity index (χ4v) is 4.08. The molecule has 0 aromatic carbocycles. The second-order valence-electron chi connectivity index (χ2n) is 7.82. The topological polar surface area (TPSA) is 67.7 Å². The fraction of sp³-hybridized carbons (Fsp3) is 0.737. The van der Waals surface area contributed by atoms with Crippen LogP contribution in [0, 0.1) is 5.92 Å². The summed E-state index contributed by atoms with van der Waals surface area (Å²) >= 11 is 0. The van der Waals surface area contributed by atoms with Gasteiger partial charge in [0.15, 0.2) is 0 Å². The molecule has 3 heterocycles. The molecule has 2 aliphatic heterocycles. The van der Waals surface area contributed by atoms with E-state index in [0.717, 1.165) is 44.1 Å². The Morgan fingerprint density at radius 2 is 2.00 bits per heavy atom. The predicted molar refractivity (Wildman–Crippen MR) is 95.1 cm³/mol. The number of rotatable bonds is 5. The van der Waals surface area contributed by atoms with Crippen LogP contribution in [0.3, 0.4) is 0 Å². The number of hydrogen-bond donors (Lipinski definition) is 0. The van der Waals surface area contributed by atoms with E-state index in [9.17, 15) is 9.59 Å². The van der Waals surface area contributed by atoms with Crippen molar-refractivity contribution in [2.45, 2.75) is 57.2 Å². The maximum absolute atomic E-state index is 13.1. The van der Waals surface area contributed by atoms with Crippen LogP contribution in [0.1, 0.15) is 44.1 Å². The average Bonchev–Trinajstić information content (AvgIpc) is 3.18. The number of carbonyl (C=O) groups is 2. The molecule has 4 rings (SSSR count). The van der Waals surface area contributed by atoms with Crippen LogP contribution in [-0.2, 0) is 27.9 Å². The fourth-order valence-electron chi connectivity index (χ4n) is 4.08. The summed E-state index contributed by atoms with van der Waals surface area (Å²) in [6, 6.07) is 0.384. The van der Waals surface area contributed by atoms with Gasteiger partial charge >= 0.3 is 0 Å². The summed E-state index contributed by atoms with van der Waals surface area (Å²) in [5, 5.41) is 4.21. The summed E-state index contributed by atoms with van der Waals surface area (Å²) in [6.45, 7) is 2.67. The number of ether oxygens (including phenoxy) is 1. The summed E-state index contributed by atoms with van der Waals surface area (Å²) in [5.74, 6) is 0.393. The van der Waals surface area contributed by atoms with Crippen molar-refractivity contribution in [2.24, 2.45) is 13.0 Å². The summed E-state index contributed by atoms with van der Waals surface area (Å²) in [5.41, 5.74) is 1.08. The smallest absolute Gasteiger partial charge is 0.251 e. The largest absolute Gasteiger partial charge is 0.368 e. The summed E-state index contributed by atoms with van der Waals surface area (Å²) in [7, 11) is 1.90. The maximum atomic E-state index is 13.1. The van der Waals surface area contributed by atoms with Crippen molar-refractivity contribution in [3.05, 3.63) is 18.0 Å². The van der Waals surface area contributed by atoms with Gasteiger partial charge in [0.25, 0.3) is 5.91 Å². The predicted octanol–water partition coefficient (Wildman–Crippen LogP) is 1.33. The van der Waals surface area contributed by atoms with Crippen LogP contribution in [-0.4, -0.2) is 63.2 Å². The number of hydrogen-bond acceptors (Lipinski definition) is 4. The van der Waals surface area contributed by atoms with E-state index in [1.54, 1.807) is 4.68 Å². The number of nitrogens with zero attached hydrogens (tertiary/aromatic N) is 4. The van der Waals surface area contributed by atoms with E-state index in [1.165, 1.54) is 0 Å². The lowest BCUT2D eigenvalue weighted by Gasteiger charge is -2.35. The maximum Gasteiger partial charge on any atom is 0.251 e. The zero-order chi connectivity index (χ0) is 18.1. The Bertz CT molecular complexity index is 655. The van der Waals surface area contributed by atoms with Crippen molar-refractivity contribution in [3.8, 4) is 0 Å². The van der Waals surface area contributed by atoms with Gasteiger partial charge in [-0.25, -0.2) is 0 Å². The Labute approximate surface area is 154 Å². The van der Waals surface area contributed by atoms with Gasteiger partial charge in [-0.15, -0.1) is 0 Å². The molecule has 2 saturated heterocycles. The molecule has 1 aliphatic carbocycles. The van der Waals surface area contributed by atoms with Crippen LogP contribution in [0.5, 0.6) is 0 Å². The standard InChI is InChI=1S/C19H28N4O3/c1-21-12-14(11-20-21)13-23(16-4-5-16)18(24)15-6-8-22(9-7-15)19(25)17-3-2-10-26-17/h11-12,15-17H,2-10,13H2,1H3/t17-/m0/s1. The second kappa shape index (κ2) is 7.39. The molecular formula is C19H28N4O3. The molecule has 3 aliphatic rings. The SMILES string of the molecule is Cn1cc(CN(C(=O)C2CCN(C(=O)[C@@H]3CCCO3)CC2)C2CC2)cn1. The van der Waals surface area contributed by atoms with Crippen LogP contribution in [0.15, 0.2) is 12.4 Å². The van der Waals surface area contributed by atoms with Gasteiger partial charge in [0.1, 0.15) is 6.10 Å². The number of likely N-dealkylation sites (tertiary alicyclic amines) is 1. The van der Waals surface area contributed by atoms with E-state index in [-0.39, 0.29) is 23.8 Å². The number of aryl methyl sites for hydroxylation is 1. The summed E-state index contributed by atoms with van der Waals surface area (Å²) in [6.07, 6.45) is 9.08. The van der Waals surface area contributed by atoms with Crippen molar-refractivity contribution >= 4 is 11.8 Å². The van der Waals surface area contributed by atoms with E-state index in [4.69, 9.17) is 4.74 Å². The quantitative estimate of drug-likeness (QED) is 0.794. The summed E-state index contributed by atoms with van der Waals surface area (Å²) in [4.78, 5) is 29.5. The lowest BCUT2D eigenvalue weighted by atomic mass is 9.94. The number of aromatic nitrogens is 2. The third kappa shape index (κ3) is 3.77. The van der Waals surface area contributed by atoms with Crippen molar-refractivity contribution in [1.82, 2.24) is 19.6 Å². The van der Waals surface area contributed by atoms with Crippen molar-refractivity contribution < 1.29 is 14.3 Å². The first kappa shape index (κ1) is 17.5. The molecule has 0 spiro atoms. The highest BCUT2D eigenvalue weighted by atomic mass is 16.5. The molecule has 0 unspecified atom stereocenters. The molecule has 1 saturated carbocycles. The molecule has 3 fully saturated rings. The molecule has 26 heavy (non-hydrogen) atoms. The number of piperidine rings is 1. The van der Waals surface area contributed by atoms with Gasteiger partial charge in [-0.05, 0) is 38.5 Å². The van der Waals surface area contributed by atoms with Gasteiger partial charge < -0.3 is 14.5 Å². The van der Waals surface area contributed by atoms with E-state index >= 15 is 0 Å². The van der Waals surface area contributed by atoms with Crippen LogP contribution in [0.25, 0.3) is 0 Å². The molecule has 2 amide bonds. The van der Waals surface area contributed by atoms with Crippen LogP contribution >= 0.6 is 0 Å². The van der Waals surface area contributed by atoms with Gasteiger partial charge in [-0.1, -0.05) is 0 Å². The van der Waals surface area contributed by atoms with Crippen LogP contribution in [0.2, 0.25) is 0 Å². The van der Waals surface area contributed by atoms with Crippen molar-refractivity contribution in [3.63, 3.8) is 0 Å². The lowest BCUT2D eigenvalue weighted by Crippen LogP contribution is -2.47. The molecular weight excluding hydrogens is 332 g/mol. The highest BCUT2D eigenvalue weighted by molar-refractivity contribution is 5.82. The first-order valence-corrected chi connectivity index (χ1v) is 9.80. The van der Waals surface area contributed by atoms with Gasteiger partial charge in [0.2, 0.25) is 5.91 Å². The van der Waals surface area contributed by atoms with Gasteiger partial charge in [-0.2, -0.15) is 5.10 Å². The Morgan fingerprint density at radius 1 is 1.23 bits per heavy atom. The molecule has 142 valence electrons. The van der Waals surface area contributed by atoms with Crippen molar-refractivity contribution in [1.29, 1.82) is 0 Å². The molecule has 1 aromatic heterocycles. The third-order valence-corrected chi connectivity index (χ3v) is 5.74. The van der Waals surface area contributed by atoms with Crippen LogP contribution < -0.4 is 0 Å². The van der Waals surface area contributed by atoms with E-state index in [2.05, 4.69) is 5.10 Å². The Morgan fingerprint density at radius 3 is 2.58 bits per heavy atom. The molecule has 0 bridgehead atoms. The van der Waals surface area contributed by atoms with Crippen LogP contribution in [0.4, 0.5) is 0 Å². The normalized spacial score (nSPS) is 24.0. The van der Waals surface area contributed by atoms with E-state index in [1.807, 2.05) is 29.2 Å². The number of amides is 2.